The van der Waals surface area contributed by atoms with Crippen molar-refractivity contribution in [3.05, 3.63) is 40.6 Å². The van der Waals surface area contributed by atoms with Gasteiger partial charge in [-0.25, -0.2) is 9.97 Å². The molecule has 0 radical (unpaired) electrons. The first-order valence-corrected chi connectivity index (χ1v) is 7.70. The highest BCUT2D eigenvalue weighted by molar-refractivity contribution is 7.09. The minimum Gasteiger partial charge on any atom is -0.497 e. The molecular weight excluding hydrogens is 294 g/mol. The van der Waals surface area contributed by atoms with Gasteiger partial charge in [0.1, 0.15) is 11.6 Å². The van der Waals surface area contributed by atoms with E-state index < -0.39 is 0 Å². The van der Waals surface area contributed by atoms with E-state index in [4.69, 9.17) is 16.3 Å². The summed E-state index contributed by atoms with van der Waals surface area (Å²) in [5.74, 6) is 2.09. The molecule has 2 heterocycles. The van der Waals surface area contributed by atoms with E-state index >= 15 is 0 Å². The molecule has 3 aromatic rings. The number of hydrogen-bond donors (Lipinski definition) is 0. The molecule has 0 aliphatic carbocycles. The zero-order valence-corrected chi connectivity index (χ0v) is 12.6. The van der Waals surface area contributed by atoms with Crippen LogP contribution in [-0.2, 0) is 18.8 Å². The van der Waals surface area contributed by atoms with E-state index in [-0.39, 0.29) is 0 Å². The van der Waals surface area contributed by atoms with Gasteiger partial charge in [0.15, 0.2) is 0 Å². The van der Waals surface area contributed by atoms with Crippen LogP contribution in [0.3, 0.4) is 0 Å². The van der Waals surface area contributed by atoms with Crippen LogP contribution in [0.25, 0.3) is 11.0 Å². The van der Waals surface area contributed by atoms with Crippen molar-refractivity contribution in [2.24, 2.45) is 0 Å². The Morgan fingerprint density at radius 1 is 1.40 bits per heavy atom. The summed E-state index contributed by atoms with van der Waals surface area (Å²) in [5.41, 5.74) is 2.00. The molecule has 0 saturated carbocycles. The maximum absolute atomic E-state index is 6.01. The first kappa shape index (κ1) is 13.4. The molecule has 0 aliphatic heterocycles. The average molecular weight is 308 g/mol. The maximum atomic E-state index is 6.01. The number of hydrogen-bond acceptors (Lipinski definition) is 4. The molecule has 20 heavy (non-hydrogen) atoms. The summed E-state index contributed by atoms with van der Waals surface area (Å²) in [7, 11) is 1.66. The predicted molar refractivity (Wildman–Crippen MR) is 81.7 cm³/mol. The summed E-state index contributed by atoms with van der Waals surface area (Å²) in [6.45, 7) is 0.832. The molecule has 3 rings (SSSR count). The van der Waals surface area contributed by atoms with Crippen molar-refractivity contribution < 1.29 is 4.74 Å². The number of fused-ring (bicyclic) bond motifs is 1. The third-order valence-corrected chi connectivity index (χ3v) is 4.27. The number of alkyl halides is 1. The highest BCUT2D eigenvalue weighted by atomic mass is 35.5. The lowest BCUT2D eigenvalue weighted by Gasteiger charge is -2.06. The summed E-state index contributed by atoms with van der Waals surface area (Å²) < 4.78 is 7.39. The first-order valence-electron chi connectivity index (χ1n) is 6.29. The molecule has 0 amide bonds. The number of aromatic nitrogens is 3. The Kier molecular flexibility index (Phi) is 3.89. The molecule has 4 nitrogen and oxygen atoms in total. The molecule has 0 spiro atoms. The third-order valence-electron chi connectivity index (χ3n) is 3.19. The normalized spacial score (nSPS) is 11.1. The summed E-state index contributed by atoms with van der Waals surface area (Å²) in [5, 5.41) is 3.12. The Morgan fingerprint density at radius 2 is 2.30 bits per heavy atom. The van der Waals surface area contributed by atoms with Gasteiger partial charge in [-0.2, -0.15) is 0 Å². The van der Waals surface area contributed by atoms with E-state index in [1.54, 1.807) is 18.4 Å². The van der Waals surface area contributed by atoms with E-state index in [1.807, 2.05) is 29.8 Å². The molecular formula is C14H14ClN3OS. The lowest BCUT2D eigenvalue weighted by molar-refractivity contribution is 0.415. The predicted octanol–water partition coefficient (Wildman–Crippen LogP) is 3.48. The van der Waals surface area contributed by atoms with Crippen LogP contribution in [0.5, 0.6) is 5.75 Å². The molecule has 0 atom stereocenters. The molecule has 0 N–H and O–H groups in total. The number of aryl methyl sites for hydroxylation is 2. The Hall–Kier alpha value is -1.59. The van der Waals surface area contributed by atoms with Gasteiger partial charge in [0.05, 0.1) is 29.0 Å². The molecule has 0 unspecified atom stereocenters. The zero-order chi connectivity index (χ0) is 13.9. The summed E-state index contributed by atoms with van der Waals surface area (Å²) >= 11 is 7.68. The van der Waals surface area contributed by atoms with Crippen LogP contribution in [0.4, 0.5) is 0 Å². The van der Waals surface area contributed by atoms with Gasteiger partial charge in [-0.3, -0.25) is 0 Å². The van der Waals surface area contributed by atoms with Gasteiger partial charge in [-0.1, -0.05) is 0 Å². The number of benzene rings is 1. The second-order valence-corrected chi connectivity index (χ2v) is 5.59. The first-order chi connectivity index (χ1) is 9.81. The standard InChI is InChI=1S/C14H14ClN3OS/c1-19-10-2-3-12-11(8-10)17-13(9-15)18(12)6-4-14-16-5-7-20-14/h2-3,5,7-8H,4,6,9H2,1H3. The molecule has 6 heteroatoms. The van der Waals surface area contributed by atoms with Crippen molar-refractivity contribution in [2.45, 2.75) is 18.8 Å². The second-order valence-electron chi connectivity index (χ2n) is 4.34. The van der Waals surface area contributed by atoms with Crippen LogP contribution in [-0.4, -0.2) is 21.6 Å². The highest BCUT2D eigenvalue weighted by Crippen LogP contribution is 2.23. The van der Waals surface area contributed by atoms with Gasteiger partial charge in [-0.05, 0) is 12.1 Å². The van der Waals surface area contributed by atoms with E-state index in [0.29, 0.717) is 5.88 Å². The molecule has 0 saturated heterocycles. The monoisotopic (exact) mass is 307 g/mol. The maximum Gasteiger partial charge on any atom is 0.124 e. The Morgan fingerprint density at radius 3 is 3.00 bits per heavy atom. The number of thiazole rings is 1. The summed E-state index contributed by atoms with van der Waals surface area (Å²) in [6, 6.07) is 5.91. The van der Waals surface area contributed by atoms with Crippen LogP contribution in [0.2, 0.25) is 0 Å². The molecule has 0 fully saturated rings. The van der Waals surface area contributed by atoms with Crippen LogP contribution >= 0.6 is 22.9 Å². The van der Waals surface area contributed by atoms with Crippen LogP contribution in [0, 0.1) is 0 Å². The topological polar surface area (TPSA) is 39.9 Å². The average Bonchev–Trinajstić information content (AvgIpc) is 3.11. The largest absolute Gasteiger partial charge is 0.497 e. The molecule has 2 aromatic heterocycles. The van der Waals surface area contributed by atoms with Gasteiger partial charge < -0.3 is 9.30 Å². The lowest BCUT2D eigenvalue weighted by atomic mass is 10.3. The number of ether oxygens (including phenoxy) is 1. The minimum atomic E-state index is 0.398. The zero-order valence-electron chi connectivity index (χ0n) is 11.0. The fourth-order valence-corrected chi connectivity index (χ4v) is 3.04. The van der Waals surface area contributed by atoms with Gasteiger partial charge in [0, 0.05) is 30.6 Å². The number of nitrogens with zero attached hydrogens (tertiary/aromatic N) is 3. The van der Waals surface area contributed by atoms with Crippen molar-refractivity contribution in [2.75, 3.05) is 7.11 Å². The fraction of sp³-hybridized carbons (Fsp3) is 0.286. The third kappa shape index (κ3) is 2.51. The van der Waals surface area contributed by atoms with Crippen molar-refractivity contribution in [1.29, 1.82) is 0 Å². The van der Waals surface area contributed by atoms with Crippen molar-refractivity contribution in [3.8, 4) is 5.75 Å². The minimum absolute atomic E-state index is 0.398. The van der Waals surface area contributed by atoms with Gasteiger partial charge >= 0.3 is 0 Å². The van der Waals surface area contributed by atoms with Crippen molar-refractivity contribution in [3.63, 3.8) is 0 Å². The molecule has 0 aliphatic rings. The van der Waals surface area contributed by atoms with Gasteiger partial charge in [0.2, 0.25) is 0 Å². The number of imidazole rings is 1. The van der Waals surface area contributed by atoms with E-state index in [1.165, 1.54) is 0 Å². The SMILES string of the molecule is COc1ccc2c(c1)nc(CCl)n2CCc1nccs1. The quantitative estimate of drug-likeness (QED) is 0.678. The molecule has 1 aromatic carbocycles. The summed E-state index contributed by atoms with van der Waals surface area (Å²) in [6.07, 6.45) is 2.72. The second kappa shape index (κ2) is 5.81. The Bertz CT molecular complexity index is 709. The van der Waals surface area contributed by atoms with E-state index in [2.05, 4.69) is 14.5 Å². The van der Waals surface area contributed by atoms with Crippen LogP contribution in [0.15, 0.2) is 29.8 Å². The van der Waals surface area contributed by atoms with Crippen LogP contribution < -0.4 is 4.74 Å². The van der Waals surface area contributed by atoms with Crippen molar-refractivity contribution in [1.82, 2.24) is 14.5 Å². The number of halogens is 1. The van der Waals surface area contributed by atoms with Gasteiger partial charge in [0.25, 0.3) is 0 Å². The number of methoxy groups -OCH3 is 1. The van der Waals surface area contributed by atoms with Crippen LogP contribution in [0.1, 0.15) is 10.8 Å². The van der Waals surface area contributed by atoms with E-state index in [9.17, 15) is 0 Å². The van der Waals surface area contributed by atoms with Gasteiger partial charge in [-0.15, -0.1) is 22.9 Å². The lowest BCUT2D eigenvalue weighted by Crippen LogP contribution is -2.04. The molecule has 104 valence electrons. The highest BCUT2D eigenvalue weighted by Gasteiger charge is 2.11. The summed E-state index contributed by atoms with van der Waals surface area (Å²) in [4.78, 5) is 8.88. The Labute approximate surface area is 126 Å². The fourth-order valence-electron chi connectivity index (χ4n) is 2.22. The van der Waals surface area contributed by atoms with Crippen molar-refractivity contribution >= 4 is 34.0 Å². The molecule has 0 bridgehead atoms. The number of rotatable bonds is 5. The van der Waals surface area contributed by atoms with E-state index in [0.717, 1.165) is 40.6 Å². The smallest absolute Gasteiger partial charge is 0.124 e. The Balaban J connectivity index is 1.95.